The Balaban J connectivity index is 1.74. The van der Waals surface area contributed by atoms with Crippen LogP contribution in [-0.4, -0.2) is 47.8 Å². The number of carbonyl (C=O) groups excluding carboxylic acids is 1. The van der Waals surface area contributed by atoms with Gasteiger partial charge in [-0.05, 0) is 24.5 Å². The molecule has 0 aromatic heterocycles. The molecule has 5 heteroatoms. The van der Waals surface area contributed by atoms with E-state index in [9.17, 15) is 14.3 Å². The first-order chi connectivity index (χ1) is 10.6. The largest absolute Gasteiger partial charge is 0.393 e. The van der Waals surface area contributed by atoms with E-state index in [0.29, 0.717) is 25.3 Å². The molecule has 2 aliphatic rings. The maximum absolute atomic E-state index is 13.9. The van der Waals surface area contributed by atoms with Crippen molar-refractivity contribution in [1.29, 1.82) is 0 Å². The van der Waals surface area contributed by atoms with Gasteiger partial charge < -0.3 is 14.7 Å². The lowest BCUT2D eigenvalue weighted by Gasteiger charge is -2.43. The number of halogens is 1. The molecule has 1 N–H and O–H groups in total. The molecule has 0 unspecified atom stereocenters. The van der Waals surface area contributed by atoms with Gasteiger partial charge in [0.2, 0.25) is 5.91 Å². The standard InChI is InChI=1S/C17H22FNO3/c18-15-7-2-1-4-14(15)10-17(12-20)11-19(8-9-22-17)16(21)13-5-3-6-13/h1-2,4,7,13,20H,3,5-6,8-12H2/t17-/m1/s1. The molecule has 2 fully saturated rings. The molecule has 1 saturated heterocycles. The summed E-state index contributed by atoms with van der Waals surface area (Å²) < 4.78 is 19.7. The summed E-state index contributed by atoms with van der Waals surface area (Å²) in [6, 6.07) is 6.51. The SMILES string of the molecule is O=C(C1CCC1)N1CCO[C@](CO)(Cc2ccccc2F)C1. The second-order valence-electron chi connectivity index (χ2n) is 6.35. The third kappa shape index (κ3) is 3.01. The quantitative estimate of drug-likeness (QED) is 0.922. The van der Waals surface area contributed by atoms with Crippen molar-refractivity contribution >= 4 is 5.91 Å². The Labute approximate surface area is 129 Å². The normalized spacial score (nSPS) is 25.8. The van der Waals surface area contributed by atoms with Crippen molar-refractivity contribution in [3.63, 3.8) is 0 Å². The third-order valence-corrected chi connectivity index (χ3v) is 4.77. The average Bonchev–Trinajstić information content (AvgIpc) is 2.48. The lowest BCUT2D eigenvalue weighted by molar-refractivity contribution is -0.163. The lowest BCUT2D eigenvalue weighted by Crippen LogP contribution is -2.58. The highest BCUT2D eigenvalue weighted by molar-refractivity contribution is 5.79. The van der Waals surface area contributed by atoms with E-state index in [2.05, 4.69) is 0 Å². The van der Waals surface area contributed by atoms with E-state index < -0.39 is 5.60 Å². The molecular weight excluding hydrogens is 285 g/mol. The van der Waals surface area contributed by atoms with Crippen LogP contribution in [-0.2, 0) is 16.0 Å². The molecule has 1 atom stereocenters. The molecule has 0 bridgehead atoms. The van der Waals surface area contributed by atoms with Crippen molar-refractivity contribution in [3.8, 4) is 0 Å². The minimum absolute atomic E-state index is 0.128. The summed E-state index contributed by atoms with van der Waals surface area (Å²) in [6.07, 6.45) is 3.29. The van der Waals surface area contributed by atoms with Crippen molar-refractivity contribution in [2.75, 3.05) is 26.3 Å². The van der Waals surface area contributed by atoms with Crippen molar-refractivity contribution in [3.05, 3.63) is 35.6 Å². The van der Waals surface area contributed by atoms with Gasteiger partial charge in [0.15, 0.2) is 0 Å². The fourth-order valence-electron chi connectivity index (χ4n) is 3.19. The van der Waals surface area contributed by atoms with Crippen LogP contribution < -0.4 is 0 Å². The van der Waals surface area contributed by atoms with Gasteiger partial charge in [0.1, 0.15) is 11.4 Å². The fraction of sp³-hybridized carbons (Fsp3) is 0.588. The number of morpholine rings is 1. The minimum atomic E-state index is -0.903. The summed E-state index contributed by atoms with van der Waals surface area (Å²) in [5.74, 6) is -0.0229. The van der Waals surface area contributed by atoms with Crippen LogP contribution in [0.2, 0.25) is 0 Å². The Bertz CT molecular complexity index is 546. The zero-order valence-electron chi connectivity index (χ0n) is 12.6. The number of ether oxygens (including phenoxy) is 1. The predicted octanol–water partition coefficient (Wildman–Crippen LogP) is 1.76. The van der Waals surface area contributed by atoms with Gasteiger partial charge in [0.05, 0.1) is 19.8 Å². The topological polar surface area (TPSA) is 49.8 Å². The second kappa shape index (κ2) is 6.34. The van der Waals surface area contributed by atoms with Gasteiger partial charge in [0.25, 0.3) is 0 Å². The number of hydrogen-bond acceptors (Lipinski definition) is 3. The van der Waals surface area contributed by atoms with Crippen molar-refractivity contribution in [1.82, 2.24) is 4.90 Å². The van der Waals surface area contributed by atoms with Gasteiger partial charge in [-0.1, -0.05) is 24.6 Å². The van der Waals surface area contributed by atoms with Crippen LogP contribution in [0, 0.1) is 11.7 Å². The van der Waals surface area contributed by atoms with E-state index in [1.165, 1.54) is 6.07 Å². The summed E-state index contributed by atoms with van der Waals surface area (Å²) in [4.78, 5) is 14.2. The number of carbonyl (C=O) groups is 1. The lowest BCUT2D eigenvalue weighted by atomic mass is 9.83. The summed E-state index contributed by atoms with van der Waals surface area (Å²) in [7, 11) is 0. The first-order valence-electron chi connectivity index (χ1n) is 7.90. The van der Waals surface area contributed by atoms with Crippen LogP contribution >= 0.6 is 0 Å². The van der Waals surface area contributed by atoms with E-state index in [4.69, 9.17) is 4.74 Å². The molecular formula is C17H22FNO3. The molecule has 22 heavy (non-hydrogen) atoms. The van der Waals surface area contributed by atoms with E-state index in [-0.39, 0.29) is 30.7 Å². The van der Waals surface area contributed by atoms with Crippen LogP contribution in [0.5, 0.6) is 0 Å². The van der Waals surface area contributed by atoms with Gasteiger partial charge >= 0.3 is 0 Å². The Morgan fingerprint density at radius 1 is 1.41 bits per heavy atom. The molecule has 1 heterocycles. The van der Waals surface area contributed by atoms with Crippen molar-refractivity contribution < 1.29 is 19.0 Å². The molecule has 0 radical (unpaired) electrons. The molecule has 1 saturated carbocycles. The highest BCUT2D eigenvalue weighted by Gasteiger charge is 2.40. The molecule has 1 aliphatic heterocycles. The Morgan fingerprint density at radius 2 is 2.18 bits per heavy atom. The van der Waals surface area contributed by atoms with Crippen LogP contribution in [0.25, 0.3) is 0 Å². The number of benzene rings is 1. The van der Waals surface area contributed by atoms with Crippen molar-refractivity contribution in [2.24, 2.45) is 5.92 Å². The highest BCUT2D eigenvalue weighted by Crippen LogP contribution is 2.31. The number of hydrogen-bond donors (Lipinski definition) is 1. The van der Waals surface area contributed by atoms with Gasteiger partial charge in [-0.15, -0.1) is 0 Å². The highest BCUT2D eigenvalue weighted by atomic mass is 19.1. The summed E-state index contributed by atoms with van der Waals surface area (Å²) in [6.45, 7) is 1.03. The number of rotatable bonds is 4. The molecule has 1 aromatic rings. The molecule has 1 amide bonds. The molecule has 120 valence electrons. The number of amides is 1. The maximum Gasteiger partial charge on any atom is 0.225 e. The molecule has 3 rings (SSSR count). The zero-order valence-corrected chi connectivity index (χ0v) is 12.6. The van der Waals surface area contributed by atoms with Gasteiger partial charge in [-0.25, -0.2) is 4.39 Å². The first-order valence-corrected chi connectivity index (χ1v) is 7.90. The van der Waals surface area contributed by atoms with Crippen LogP contribution in [0.4, 0.5) is 4.39 Å². The van der Waals surface area contributed by atoms with E-state index >= 15 is 0 Å². The Morgan fingerprint density at radius 3 is 2.82 bits per heavy atom. The van der Waals surface area contributed by atoms with E-state index in [1.807, 2.05) is 0 Å². The zero-order chi connectivity index (χ0) is 15.6. The molecule has 4 nitrogen and oxygen atoms in total. The van der Waals surface area contributed by atoms with Gasteiger partial charge in [-0.2, -0.15) is 0 Å². The third-order valence-electron chi connectivity index (χ3n) is 4.77. The van der Waals surface area contributed by atoms with Gasteiger partial charge in [0, 0.05) is 18.9 Å². The fourth-order valence-corrected chi connectivity index (χ4v) is 3.19. The molecule has 0 spiro atoms. The Kier molecular flexibility index (Phi) is 4.45. The van der Waals surface area contributed by atoms with Crippen LogP contribution in [0.15, 0.2) is 24.3 Å². The molecule has 1 aliphatic carbocycles. The minimum Gasteiger partial charge on any atom is -0.393 e. The maximum atomic E-state index is 13.9. The van der Waals surface area contributed by atoms with E-state index in [0.717, 1.165) is 19.3 Å². The summed E-state index contributed by atoms with van der Waals surface area (Å²) in [5, 5.41) is 9.82. The summed E-state index contributed by atoms with van der Waals surface area (Å²) in [5.41, 5.74) is -0.394. The van der Waals surface area contributed by atoms with E-state index in [1.54, 1.807) is 23.1 Å². The smallest absolute Gasteiger partial charge is 0.225 e. The molecule has 1 aromatic carbocycles. The summed E-state index contributed by atoms with van der Waals surface area (Å²) >= 11 is 0. The number of nitrogens with zero attached hydrogens (tertiary/aromatic N) is 1. The van der Waals surface area contributed by atoms with Crippen LogP contribution in [0.1, 0.15) is 24.8 Å². The first kappa shape index (κ1) is 15.4. The average molecular weight is 307 g/mol. The Hall–Kier alpha value is -1.46. The second-order valence-corrected chi connectivity index (χ2v) is 6.35. The monoisotopic (exact) mass is 307 g/mol. The van der Waals surface area contributed by atoms with Crippen molar-refractivity contribution in [2.45, 2.75) is 31.3 Å². The van der Waals surface area contributed by atoms with Crippen LogP contribution in [0.3, 0.4) is 0 Å². The predicted molar refractivity (Wildman–Crippen MR) is 79.8 cm³/mol. The number of aliphatic hydroxyl groups excluding tert-OH is 1. The number of aliphatic hydroxyl groups is 1. The van der Waals surface area contributed by atoms with Gasteiger partial charge in [-0.3, -0.25) is 4.79 Å².